The van der Waals surface area contributed by atoms with Crippen LogP contribution in [-0.2, 0) is 16.0 Å². The van der Waals surface area contributed by atoms with Crippen LogP contribution in [0.5, 0.6) is 5.75 Å². The molecule has 156 valence electrons. The van der Waals surface area contributed by atoms with E-state index in [0.29, 0.717) is 40.1 Å². The zero-order valence-corrected chi connectivity index (χ0v) is 17.5. The highest BCUT2D eigenvalue weighted by Crippen LogP contribution is 2.29. The molecule has 0 aliphatic carbocycles. The molecule has 0 spiro atoms. The highest BCUT2D eigenvalue weighted by molar-refractivity contribution is 6.30. The number of esters is 2. The van der Waals surface area contributed by atoms with Crippen LogP contribution in [0.25, 0.3) is 11.0 Å². The molecule has 0 N–H and O–H groups in total. The standard InChI is InChI=1S/C23H21ClO6/c1-3-10-28-21(25)9-6-16-12-18-14(2)11-22(26)29-20(18)13-19(16)30-23(27)15-4-7-17(24)8-5-15/h4-5,7-8,11-13H,3,6,9-10H2,1-2H3. The SMILES string of the molecule is CCCOC(=O)CCc1cc2c(C)cc(=O)oc2cc1OC(=O)c1ccc(Cl)cc1. The van der Waals surface area contributed by atoms with E-state index < -0.39 is 11.6 Å². The Morgan fingerprint density at radius 3 is 2.53 bits per heavy atom. The number of fused-ring (bicyclic) bond motifs is 1. The van der Waals surface area contributed by atoms with Gasteiger partial charge in [-0.15, -0.1) is 0 Å². The second-order valence-corrected chi connectivity index (χ2v) is 7.26. The summed E-state index contributed by atoms with van der Waals surface area (Å²) in [5.41, 5.74) is 1.49. The summed E-state index contributed by atoms with van der Waals surface area (Å²) in [5.74, 6) is -0.696. The molecule has 0 saturated heterocycles. The Hall–Kier alpha value is -3.12. The first kappa shape index (κ1) is 21.6. The largest absolute Gasteiger partial charge is 0.466 e. The lowest BCUT2D eigenvalue weighted by Crippen LogP contribution is -2.11. The van der Waals surface area contributed by atoms with Crippen LogP contribution in [0, 0.1) is 6.92 Å². The summed E-state index contributed by atoms with van der Waals surface area (Å²) in [5, 5.41) is 1.21. The minimum absolute atomic E-state index is 0.132. The lowest BCUT2D eigenvalue weighted by Gasteiger charge is -2.12. The van der Waals surface area contributed by atoms with Gasteiger partial charge in [0.15, 0.2) is 0 Å². The van der Waals surface area contributed by atoms with Gasteiger partial charge in [-0.05, 0) is 61.2 Å². The Kier molecular flexibility index (Phi) is 6.90. The fourth-order valence-electron chi connectivity index (χ4n) is 2.95. The van der Waals surface area contributed by atoms with Gasteiger partial charge in [0.2, 0.25) is 0 Å². The molecule has 0 saturated carbocycles. The molecule has 0 aliphatic rings. The topological polar surface area (TPSA) is 82.8 Å². The maximum Gasteiger partial charge on any atom is 0.343 e. The lowest BCUT2D eigenvalue weighted by molar-refractivity contribution is -0.143. The maximum absolute atomic E-state index is 12.6. The smallest absolute Gasteiger partial charge is 0.343 e. The molecule has 30 heavy (non-hydrogen) atoms. The third kappa shape index (κ3) is 5.27. The molecule has 0 amide bonds. The van der Waals surface area contributed by atoms with Crippen molar-refractivity contribution in [1.29, 1.82) is 0 Å². The lowest BCUT2D eigenvalue weighted by atomic mass is 10.0. The average molecular weight is 429 g/mol. The Balaban J connectivity index is 1.94. The minimum atomic E-state index is -0.587. The fourth-order valence-corrected chi connectivity index (χ4v) is 3.08. The summed E-state index contributed by atoms with van der Waals surface area (Å²) in [6.45, 7) is 4.07. The van der Waals surface area contributed by atoms with Crippen molar-refractivity contribution in [3.63, 3.8) is 0 Å². The zero-order chi connectivity index (χ0) is 21.7. The third-order valence-electron chi connectivity index (χ3n) is 4.48. The first-order valence-corrected chi connectivity index (χ1v) is 9.96. The van der Waals surface area contributed by atoms with Crippen molar-refractivity contribution in [3.05, 3.63) is 74.6 Å². The van der Waals surface area contributed by atoms with E-state index in [4.69, 9.17) is 25.5 Å². The van der Waals surface area contributed by atoms with Crippen LogP contribution in [0.1, 0.15) is 41.3 Å². The van der Waals surface area contributed by atoms with Crippen molar-refractivity contribution >= 4 is 34.5 Å². The highest BCUT2D eigenvalue weighted by atomic mass is 35.5. The Morgan fingerprint density at radius 1 is 1.10 bits per heavy atom. The number of hydrogen-bond donors (Lipinski definition) is 0. The van der Waals surface area contributed by atoms with Gasteiger partial charge in [0.1, 0.15) is 11.3 Å². The quantitative estimate of drug-likeness (QED) is 0.303. The first-order valence-electron chi connectivity index (χ1n) is 9.58. The minimum Gasteiger partial charge on any atom is -0.466 e. The van der Waals surface area contributed by atoms with E-state index in [0.717, 1.165) is 12.0 Å². The van der Waals surface area contributed by atoms with E-state index in [1.165, 1.54) is 12.1 Å². The molecule has 7 heteroatoms. The Morgan fingerprint density at radius 2 is 1.83 bits per heavy atom. The number of halogens is 1. The van der Waals surface area contributed by atoms with Gasteiger partial charge in [0.25, 0.3) is 0 Å². The third-order valence-corrected chi connectivity index (χ3v) is 4.73. The van der Waals surface area contributed by atoms with Crippen LogP contribution in [0.3, 0.4) is 0 Å². The summed E-state index contributed by atoms with van der Waals surface area (Å²) in [7, 11) is 0. The van der Waals surface area contributed by atoms with Gasteiger partial charge in [0, 0.05) is 29.0 Å². The molecule has 3 rings (SSSR count). The molecule has 0 aliphatic heterocycles. The van der Waals surface area contributed by atoms with Gasteiger partial charge in [0.05, 0.1) is 12.2 Å². The molecule has 3 aromatic rings. The molecule has 6 nitrogen and oxygen atoms in total. The van der Waals surface area contributed by atoms with Gasteiger partial charge >= 0.3 is 17.6 Å². The van der Waals surface area contributed by atoms with Crippen molar-refractivity contribution in [3.8, 4) is 5.75 Å². The van der Waals surface area contributed by atoms with Crippen LogP contribution in [-0.4, -0.2) is 18.5 Å². The predicted octanol–water partition coefficient (Wildman–Crippen LogP) is 4.86. The number of carbonyl (C=O) groups excluding carboxylic acids is 2. The summed E-state index contributed by atoms with van der Waals surface area (Å²) in [4.78, 5) is 36.3. The van der Waals surface area contributed by atoms with Gasteiger partial charge in [-0.3, -0.25) is 4.79 Å². The van der Waals surface area contributed by atoms with Crippen LogP contribution < -0.4 is 10.4 Å². The number of hydrogen-bond acceptors (Lipinski definition) is 6. The predicted molar refractivity (Wildman–Crippen MR) is 113 cm³/mol. The second kappa shape index (κ2) is 9.59. The van der Waals surface area contributed by atoms with Crippen LogP contribution >= 0.6 is 11.6 Å². The average Bonchev–Trinajstić information content (AvgIpc) is 2.71. The number of rotatable bonds is 7. The van der Waals surface area contributed by atoms with Crippen molar-refractivity contribution in [1.82, 2.24) is 0 Å². The Labute approximate surface area is 178 Å². The summed E-state index contributed by atoms with van der Waals surface area (Å²) < 4.78 is 16.0. The van der Waals surface area contributed by atoms with Crippen LogP contribution in [0.2, 0.25) is 5.02 Å². The first-order chi connectivity index (χ1) is 14.4. The number of benzene rings is 2. The molecule has 0 radical (unpaired) electrons. The second-order valence-electron chi connectivity index (χ2n) is 6.82. The highest BCUT2D eigenvalue weighted by Gasteiger charge is 2.16. The van der Waals surface area contributed by atoms with E-state index in [-0.39, 0.29) is 18.1 Å². The number of carbonyl (C=O) groups is 2. The van der Waals surface area contributed by atoms with E-state index in [2.05, 4.69) is 0 Å². The van der Waals surface area contributed by atoms with Gasteiger partial charge in [-0.2, -0.15) is 0 Å². The van der Waals surface area contributed by atoms with Crippen molar-refractivity contribution in [2.24, 2.45) is 0 Å². The number of ether oxygens (including phenoxy) is 2. The molecule has 0 bridgehead atoms. The summed E-state index contributed by atoms with van der Waals surface area (Å²) >= 11 is 5.87. The fraction of sp³-hybridized carbons (Fsp3) is 0.261. The summed E-state index contributed by atoms with van der Waals surface area (Å²) in [6, 6.07) is 10.9. The van der Waals surface area contributed by atoms with Crippen molar-refractivity contribution in [2.75, 3.05) is 6.61 Å². The number of aryl methyl sites for hydroxylation is 2. The van der Waals surface area contributed by atoms with Gasteiger partial charge < -0.3 is 13.9 Å². The van der Waals surface area contributed by atoms with Gasteiger partial charge in [-0.1, -0.05) is 18.5 Å². The molecular formula is C23H21ClO6. The zero-order valence-electron chi connectivity index (χ0n) is 16.7. The van der Waals surface area contributed by atoms with Crippen molar-refractivity contribution in [2.45, 2.75) is 33.1 Å². The van der Waals surface area contributed by atoms with Crippen molar-refractivity contribution < 1.29 is 23.5 Å². The maximum atomic E-state index is 12.6. The molecule has 0 fully saturated rings. The summed E-state index contributed by atoms with van der Waals surface area (Å²) in [6.07, 6.45) is 1.18. The van der Waals surface area contributed by atoms with Crippen LogP contribution in [0.4, 0.5) is 0 Å². The Bertz CT molecular complexity index is 1130. The van der Waals surface area contributed by atoms with E-state index in [9.17, 15) is 14.4 Å². The molecule has 2 aromatic carbocycles. The molecular weight excluding hydrogens is 408 g/mol. The monoisotopic (exact) mass is 428 g/mol. The van der Waals surface area contributed by atoms with E-state index >= 15 is 0 Å². The molecule has 1 heterocycles. The van der Waals surface area contributed by atoms with Crippen LogP contribution in [0.15, 0.2) is 51.7 Å². The molecule has 0 unspecified atom stereocenters. The molecule has 1 aromatic heterocycles. The molecule has 0 atom stereocenters. The van der Waals surface area contributed by atoms with E-state index in [1.807, 2.05) is 6.92 Å². The van der Waals surface area contributed by atoms with Gasteiger partial charge in [-0.25, -0.2) is 9.59 Å². The van der Waals surface area contributed by atoms with E-state index in [1.54, 1.807) is 37.3 Å². The normalized spacial score (nSPS) is 10.8.